The maximum absolute atomic E-state index is 10.8. The molecule has 0 radical (unpaired) electrons. The fraction of sp³-hybridized carbons (Fsp3) is 0.250. The van der Waals surface area contributed by atoms with E-state index in [0.29, 0.717) is 18.1 Å². The lowest BCUT2D eigenvalue weighted by Gasteiger charge is -1.99. The smallest absolute Gasteiger partial charge is 0.298 e. The van der Waals surface area contributed by atoms with Crippen molar-refractivity contribution in [1.29, 1.82) is 0 Å². The van der Waals surface area contributed by atoms with E-state index in [1.165, 1.54) is 6.07 Å². The highest BCUT2D eigenvalue weighted by molar-refractivity contribution is 7.99. The topological polar surface area (TPSA) is 81.2 Å². The van der Waals surface area contributed by atoms with Gasteiger partial charge in [-0.3, -0.25) is 10.1 Å². The lowest BCUT2D eigenvalue weighted by atomic mass is 10.3. The molecule has 0 aliphatic heterocycles. The second-order valence-electron chi connectivity index (χ2n) is 3.69. The van der Waals surface area contributed by atoms with Crippen LogP contribution in [0.2, 0.25) is 0 Å². The van der Waals surface area contributed by atoms with Gasteiger partial charge >= 0.3 is 0 Å². The van der Waals surface area contributed by atoms with Crippen LogP contribution in [0.5, 0.6) is 0 Å². The molecule has 0 aliphatic carbocycles. The molecule has 1 aromatic heterocycles. The van der Waals surface area contributed by atoms with E-state index in [0.717, 1.165) is 11.5 Å². The summed E-state index contributed by atoms with van der Waals surface area (Å²) in [6.45, 7) is 4.32. The number of rotatable bonds is 7. The highest BCUT2D eigenvalue weighted by Gasteiger charge is 2.16. The number of nitrogens with one attached hydrogen (secondary N) is 1. The first-order valence-corrected chi connectivity index (χ1v) is 6.84. The average Bonchev–Trinajstić information content (AvgIpc) is 2.80. The van der Waals surface area contributed by atoms with Gasteiger partial charge in [-0.25, -0.2) is 0 Å². The standard InChI is InChI=1S/C12H13N3O3S/c1-2-7-19-8-6-13-12-14-11-9(15(16)17)4-3-5-10(11)18-12/h2-5H,1,6-8H2,(H,13,14). The Balaban J connectivity index is 2.07. The van der Waals surface area contributed by atoms with Gasteiger partial charge in [-0.2, -0.15) is 16.7 Å². The van der Waals surface area contributed by atoms with Crippen LogP contribution in [0.15, 0.2) is 35.3 Å². The van der Waals surface area contributed by atoms with Crippen molar-refractivity contribution in [2.24, 2.45) is 0 Å². The number of benzene rings is 1. The van der Waals surface area contributed by atoms with E-state index in [2.05, 4.69) is 16.9 Å². The number of anilines is 1. The number of hydrogen-bond donors (Lipinski definition) is 1. The Labute approximate surface area is 114 Å². The number of thioether (sulfide) groups is 1. The van der Waals surface area contributed by atoms with Gasteiger partial charge in [0.15, 0.2) is 11.1 Å². The van der Waals surface area contributed by atoms with Crippen molar-refractivity contribution in [2.45, 2.75) is 0 Å². The summed E-state index contributed by atoms with van der Waals surface area (Å²) in [6, 6.07) is 4.96. The van der Waals surface area contributed by atoms with Crippen LogP contribution in [0, 0.1) is 10.1 Å². The van der Waals surface area contributed by atoms with Crippen LogP contribution in [-0.2, 0) is 0 Å². The van der Waals surface area contributed by atoms with Crippen molar-refractivity contribution < 1.29 is 9.34 Å². The summed E-state index contributed by atoms with van der Waals surface area (Å²) >= 11 is 1.73. The Morgan fingerprint density at radius 1 is 1.58 bits per heavy atom. The zero-order chi connectivity index (χ0) is 13.7. The summed E-state index contributed by atoms with van der Waals surface area (Å²) in [5.74, 6) is 1.77. The predicted molar refractivity (Wildman–Crippen MR) is 76.7 cm³/mol. The maximum atomic E-state index is 10.8. The molecule has 0 saturated carbocycles. The number of nitro benzene ring substituents is 1. The highest BCUT2D eigenvalue weighted by atomic mass is 32.2. The quantitative estimate of drug-likeness (QED) is 0.363. The van der Waals surface area contributed by atoms with E-state index in [9.17, 15) is 10.1 Å². The van der Waals surface area contributed by atoms with Crippen molar-refractivity contribution in [3.63, 3.8) is 0 Å². The molecule has 1 heterocycles. The van der Waals surface area contributed by atoms with Crippen LogP contribution in [0.3, 0.4) is 0 Å². The summed E-state index contributed by atoms with van der Waals surface area (Å²) in [5.41, 5.74) is 0.638. The Morgan fingerprint density at radius 3 is 3.16 bits per heavy atom. The first kappa shape index (κ1) is 13.4. The molecule has 0 bridgehead atoms. The van der Waals surface area contributed by atoms with E-state index in [4.69, 9.17) is 4.42 Å². The average molecular weight is 279 g/mol. The summed E-state index contributed by atoms with van der Waals surface area (Å²) in [7, 11) is 0. The molecule has 0 spiro atoms. The molecular formula is C12H13N3O3S. The second kappa shape index (κ2) is 6.24. The molecule has 2 aromatic rings. The number of nitro groups is 1. The summed E-state index contributed by atoms with van der Waals surface area (Å²) < 4.78 is 5.41. The van der Waals surface area contributed by atoms with Gasteiger partial charge in [0, 0.05) is 24.1 Å². The first-order chi connectivity index (χ1) is 9.22. The number of para-hydroxylation sites is 1. The third-order valence-corrected chi connectivity index (χ3v) is 3.32. The van der Waals surface area contributed by atoms with Crippen LogP contribution >= 0.6 is 11.8 Å². The van der Waals surface area contributed by atoms with Gasteiger partial charge in [-0.05, 0) is 6.07 Å². The predicted octanol–water partition coefficient (Wildman–Crippen LogP) is 3.07. The minimum Gasteiger partial charge on any atom is -0.423 e. The minimum absolute atomic E-state index is 0.0460. The molecule has 0 saturated heterocycles. The fourth-order valence-corrected chi connectivity index (χ4v) is 2.13. The van der Waals surface area contributed by atoms with Gasteiger partial charge in [0.2, 0.25) is 0 Å². The lowest BCUT2D eigenvalue weighted by Crippen LogP contribution is -2.04. The Bertz CT molecular complexity index is 597. The van der Waals surface area contributed by atoms with Gasteiger partial charge < -0.3 is 9.73 Å². The largest absolute Gasteiger partial charge is 0.423 e. The molecule has 6 nitrogen and oxygen atoms in total. The lowest BCUT2D eigenvalue weighted by molar-refractivity contribution is -0.383. The van der Waals surface area contributed by atoms with E-state index in [1.807, 2.05) is 6.08 Å². The number of oxazole rings is 1. The van der Waals surface area contributed by atoms with Crippen LogP contribution in [0.4, 0.5) is 11.7 Å². The van der Waals surface area contributed by atoms with Crippen LogP contribution < -0.4 is 5.32 Å². The third kappa shape index (κ3) is 3.25. The molecule has 0 atom stereocenters. The molecule has 2 rings (SSSR count). The molecule has 0 fully saturated rings. The molecule has 1 aromatic carbocycles. The zero-order valence-electron chi connectivity index (χ0n) is 10.2. The van der Waals surface area contributed by atoms with E-state index < -0.39 is 4.92 Å². The van der Waals surface area contributed by atoms with Crippen LogP contribution in [0.1, 0.15) is 0 Å². The molecule has 19 heavy (non-hydrogen) atoms. The molecule has 0 amide bonds. The third-order valence-electron chi connectivity index (χ3n) is 2.35. The first-order valence-electron chi connectivity index (χ1n) is 5.69. The van der Waals surface area contributed by atoms with Crippen molar-refractivity contribution in [3.8, 4) is 0 Å². The normalized spacial score (nSPS) is 10.5. The maximum Gasteiger partial charge on any atom is 0.298 e. The fourth-order valence-electron chi connectivity index (χ4n) is 1.55. The van der Waals surface area contributed by atoms with Gasteiger partial charge in [0.05, 0.1) is 4.92 Å². The van der Waals surface area contributed by atoms with Crippen molar-refractivity contribution in [1.82, 2.24) is 4.98 Å². The molecule has 7 heteroatoms. The molecular weight excluding hydrogens is 266 g/mol. The molecule has 0 aliphatic rings. The van der Waals surface area contributed by atoms with E-state index in [-0.39, 0.29) is 11.2 Å². The Hall–Kier alpha value is -2.02. The van der Waals surface area contributed by atoms with Crippen LogP contribution in [0.25, 0.3) is 11.1 Å². The summed E-state index contributed by atoms with van der Waals surface area (Å²) in [4.78, 5) is 14.5. The number of nitrogens with zero attached hydrogens (tertiary/aromatic N) is 2. The zero-order valence-corrected chi connectivity index (χ0v) is 11.0. The van der Waals surface area contributed by atoms with Crippen molar-refractivity contribution >= 4 is 34.6 Å². The number of aromatic nitrogens is 1. The molecule has 100 valence electrons. The Morgan fingerprint density at radius 2 is 2.42 bits per heavy atom. The monoisotopic (exact) mass is 279 g/mol. The number of hydrogen-bond acceptors (Lipinski definition) is 6. The van der Waals surface area contributed by atoms with Crippen molar-refractivity contribution in [3.05, 3.63) is 41.0 Å². The summed E-state index contributed by atoms with van der Waals surface area (Å²) in [5, 5.41) is 13.9. The van der Waals surface area contributed by atoms with Gasteiger partial charge in [0.25, 0.3) is 11.7 Å². The molecule has 0 unspecified atom stereocenters. The minimum atomic E-state index is -0.464. The van der Waals surface area contributed by atoms with E-state index >= 15 is 0 Å². The SMILES string of the molecule is C=CCSCCNc1nc2c([N+](=O)[O-])cccc2o1. The van der Waals surface area contributed by atoms with Gasteiger partial charge in [-0.15, -0.1) is 6.58 Å². The summed E-state index contributed by atoms with van der Waals surface area (Å²) in [6.07, 6.45) is 1.84. The van der Waals surface area contributed by atoms with Crippen LogP contribution in [-0.4, -0.2) is 28.0 Å². The van der Waals surface area contributed by atoms with E-state index in [1.54, 1.807) is 23.9 Å². The molecule has 1 N–H and O–H groups in total. The van der Waals surface area contributed by atoms with Crippen molar-refractivity contribution in [2.75, 3.05) is 23.4 Å². The Kier molecular flexibility index (Phi) is 4.40. The van der Waals surface area contributed by atoms with Gasteiger partial charge in [-0.1, -0.05) is 12.1 Å². The number of fused-ring (bicyclic) bond motifs is 1. The second-order valence-corrected chi connectivity index (χ2v) is 4.84. The van der Waals surface area contributed by atoms with Gasteiger partial charge in [0.1, 0.15) is 0 Å². The number of non-ortho nitro benzene ring substituents is 1. The highest BCUT2D eigenvalue weighted by Crippen LogP contribution is 2.27.